The third-order valence-electron chi connectivity index (χ3n) is 5.15. The van der Waals surface area contributed by atoms with Gasteiger partial charge < -0.3 is 25.2 Å². The van der Waals surface area contributed by atoms with Crippen molar-refractivity contribution in [3.63, 3.8) is 0 Å². The Balaban J connectivity index is 2.03. The van der Waals surface area contributed by atoms with Gasteiger partial charge in [-0.2, -0.15) is 0 Å². The fraction of sp³-hybridized carbons (Fsp3) is 0.476. The molecule has 2 aromatic rings. The Bertz CT molecular complexity index is 886. The number of hydrogen-bond acceptors (Lipinski definition) is 5. The lowest BCUT2D eigenvalue weighted by atomic mass is 9.98. The predicted octanol–water partition coefficient (Wildman–Crippen LogP) is 1.00. The van der Waals surface area contributed by atoms with E-state index in [4.69, 9.17) is 0 Å². The van der Waals surface area contributed by atoms with Crippen LogP contribution in [0.3, 0.4) is 0 Å². The van der Waals surface area contributed by atoms with Crippen LogP contribution in [0.15, 0.2) is 30.3 Å². The monoisotopic (exact) mass is 399 g/mol. The van der Waals surface area contributed by atoms with E-state index >= 15 is 0 Å². The Morgan fingerprint density at radius 2 is 1.90 bits per heavy atom. The average molecular weight is 399 g/mol. The van der Waals surface area contributed by atoms with Crippen LogP contribution in [0.2, 0.25) is 0 Å². The highest BCUT2D eigenvalue weighted by Crippen LogP contribution is 2.26. The second-order valence-corrected chi connectivity index (χ2v) is 8.01. The zero-order valence-electron chi connectivity index (χ0n) is 17.4. The van der Waals surface area contributed by atoms with Gasteiger partial charge in [0.15, 0.2) is 5.69 Å². The minimum atomic E-state index is -1.43. The van der Waals surface area contributed by atoms with Crippen LogP contribution in [0.1, 0.15) is 36.5 Å². The van der Waals surface area contributed by atoms with E-state index in [1.807, 2.05) is 37.4 Å². The van der Waals surface area contributed by atoms with Crippen LogP contribution in [-0.4, -0.2) is 63.7 Å². The summed E-state index contributed by atoms with van der Waals surface area (Å²) in [6.45, 7) is 5.24. The van der Waals surface area contributed by atoms with Gasteiger partial charge in [0.25, 0.3) is 5.91 Å². The third-order valence-corrected chi connectivity index (χ3v) is 5.15. The molecule has 0 aliphatic carbocycles. The van der Waals surface area contributed by atoms with Gasteiger partial charge in [-0.15, -0.1) is 0 Å². The first kappa shape index (κ1) is 21.0. The number of aromatic nitrogens is 2. The Kier molecular flexibility index (Phi) is 6.04. The van der Waals surface area contributed by atoms with Gasteiger partial charge in [0, 0.05) is 25.7 Å². The van der Waals surface area contributed by atoms with Crippen molar-refractivity contribution in [2.45, 2.75) is 45.0 Å². The van der Waals surface area contributed by atoms with E-state index in [2.05, 4.69) is 25.1 Å². The summed E-state index contributed by atoms with van der Waals surface area (Å²) in [5.74, 6) is -0.195. The van der Waals surface area contributed by atoms with Gasteiger partial charge in [-0.3, -0.25) is 9.59 Å². The first-order chi connectivity index (χ1) is 13.7. The highest BCUT2D eigenvalue weighted by molar-refractivity contribution is 5.98. The Morgan fingerprint density at radius 3 is 2.52 bits per heavy atom. The maximum atomic E-state index is 13.2. The van der Waals surface area contributed by atoms with E-state index in [0.29, 0.717) is 6.54 Å². The van der Waals surface area contributed by atoms with Crippen molar-refractivity contribution in [3.05, 3.63) is 41.7 Å². The molecule has 1 aliphatic rings. The molecule has 8 nitrogen and oxygen atoms in total. The Hall–Kier alpha value is -2.71. The molecule has 1 aliphatic heterocycles. The van der Waals surface area contributed by atoms with Crippen molar-refractivity contribution in [2.75, 3.05) is 20.6 Å². The Labute approximate surface area is 170 Å². The molecule has 2 amide bonds. The summed E-state index contributed by atoms with van der Waals surface area (Å²) in [5, 5.41) is 15.5. The molecule has 8 heteroatoms. The molecule has 29 heavy (non-hydrogen) atoms. The fourth-order valence-corrected chi connectivity index (χ4v) is 3.62. The zero-order valence-corrected chi connectivity index (χ0v) is 17.4. The maximum absolute atomic E-state index is 13.2. The van der Waals surface area contributed by atoms with E-state index in [1.54, 1.807) is 0 Å². The van der Waals surface area contributed by atoms with Crippen molar-refractivity contribution in [1.29, 1.82) is 0 Å². The third kappa shape index (κ3) is 4.49. The lowest BCUT2D eigenvalue weighted by molar-refractivity contribution is -0.127. The number of carbonyl (C=O) groups is 2. The minimum absolute atomic E-state index is 0.288. The summed E-state index contributed by atoms with van der Waals surface area (Å²) in [7, 11) is 3.48. The van der Waals surface area contributed by atoms with Crippen LogP contribution < -0.4 is 10.6 Å². The number of aliphatic hydroxyl groups is 1. The van der Waals surface area contributed by atoms with E-state index in [0.717, 1.165) is 36.6 Å². The van der Waals surface area contributed by atoms with Crippen molar-refractivity contribution in [1.82, 2.24) is 25.1 Å². The van der Waals surface area contributed by atoms with Crippen LogP contribution in [0.5, 0.6) is 0 Å². The maximum Gasteiger partial charge on any atom is 0.272 e. The average Bonchev–Trinajstić information content (AvgIpc) is 2.92. The minimum Gasteiger partial charge on any atom is -0.388 e. The normalized spacial score (nSPS) is 15.9. The van der Waals surface area contributed by atoms with Gasteiger partial charge in [-0.25, -0.2) is 4.98 Å². The number of nitrogens with zero attached hydrogens (tertiary/aromatic N) is 3. The van der Waals surface area contributed by atoms with Crippen molar-refractivity contribution in [3.8, 4) is 11.4 Å². The lowest BCUT2D eigenvalue weighted by Gasteiger charge is -2.28. The molecule has 0 radical (unpaired) electrons. The molecular weight excluding hydrogens is 370 g/mol. The van der Waals surface area contributed by atoms with E-state index in [1.165, 1.54) is 20.9 Å². The summed E-state index contributed by atoms with van der Waals surface area (Å²) in [6, 6.07) is 8.66. The first-order valence-corrected chi connectivity index (χ1v) is 9.80. The van der Waals surface area contributed by atoms with Crippen molar-refractivity contribution >= 4 is 11.8 Å². The smallest absolute Gasteiger partial charge is 0.272 e. The molecule has 1 aromatic heterocycles. The summed E-state index contributed by atoms with van der Waals surface area (Å²) in [4.78, 5) is 32.2. The quantitative estimate of drug-likeness (QED) is 0.697. The highest BCUT2D eigenvalue weighted by Gasteiger charge is 2.36. The molecule has 3 N–H and O–H groups in total. The molecule has 0 fully saturated rings. The number of hydrogen-bond donors (Lipinski definition) is 3. The van der Waals surface area contributed by atoms with Gasteiger partial charge in [-0.1, -0.05) is 30.3 Å². The summed E-state index contributed by atoms with van der Waals surface area (Å²) in [5.41, 5.74) is 0.608. The predicted molar refractivity (Wildman–Crippen MR) is 110 cm³/mol. The number of carbonyl (C=O) groups excluding carboxylic acids is 2. The molecule has 0 saturated heterocycles. The number of imidazole rings is 1. The second-order valence-electron chi connectivity index (χ2n) is 8.01. The summed E-state index contributed by atoms with van der Waals surface area (Å²) in [6.07, 6.45) is 0.950. The van der Waals surface area contributed by atoms with Crippen LogP contribution in [0.4, 0.5) is 0 Å². The molecule has 1 unspecified atom stereocenters. The number of amides is 2. The van der Waals surface area contributed by atoms with Gasteiger partial charge >= 0.3 is 0 Å². The largest absolute Gasteiger partial charge is 0.388 e. The van der Waals surface area contributed by atoms with Gasteiger partial charge in [0.2, 0.25) is 5.91 Å². The van der Waals surface area contributed by atoms with Gasteiger partial charge in [0.1, 0.15) is 11.9 Å². The lowest BCUT2D eigenvalue weighted by Crippen LogP contribution is -2.57. The van der Waals surface area contributed by atoms with Gasteiger partial charge in [-0.05, 0) is 33.9 Å². The van der Waals surface area contributed by atoms with E-state index in [-0.39, 0.29) is 5.69 Å². The van der Waals surface area contributed by atoms with Crippen LogP contribution >= 0.6 is 0 Å². The van der Waals surface area contributed by atoms with Gasteiger partial charge in [0.05, 0.1) is 11.3 Å². The van der Waals surface area contributed by atoms with Crippen molar-refractivity contribution in [2.24, 2.45) is 0 Å². The number of benzene rings is 1. The molecule has 156 valence electrons. The summed E-state index contributed by atoms with van der Waals surface area (Å²) >= 11 is 0. The Morgan fingerprint density at radius 1 is 1.21 bits per heavy atom. The molecule has 1 aromatic carbocycles. The van der Waals surface area contributed by atoms with Crippen LogP contribution in [0, 0.1) is 0 Å². The molecule has 0 spiro atoms. The topological polar surface area (TPSA) is 99.5 Å². The van der Waals surface area contributed by atoms with Crippen molar-refractivity contribution < 1.29 is 14.7 Å². The first-order valence-electron chi connectivity index (χ1n) is 9.80. The highest BCUT2D eigenvalue weighted by atomic mass is 16.3. The fourth-order valence-electron chi connectivity index (χ4n) is 3.62. The van der Waals surface area contributed by atoms with Crippen LogP contribution in [-0.2, 0) is 17.9 Å². The molecule has 1 atom stereocenters. The molecule has 0 saturated carbocycles. The van der Waals surface area contributed by atoms with E-state index < -0.39 is 23.5 Å². The van der Waals surface area contributed by atoms with E-state index in [9.17, 15) is 14.7 Å². The molecule has 2 heterocycles. The standard InChI is InChI=1S/C21H29N5O3/c1-21(2,29)17(20(28)22-3)24-19(27)16-15-13-25(4)11-8-12-26(15)18(23-16)14-9-6-5-7-10-14/h5-7,9-10,17,29H,8,11-13H2,1-4H3,(H,22,28)(H,24,27). The molecule has 3 rings (SSSR count). The molecule has 0 bridgehead atoms. The number of rotatable bonds is 5. The number of fused-ring (bicyclic) bond motifs is 1. The summed E-state index contributed by atoms with van der Waals surface area (Å²) < 4.78 is 2.09. The van der Waals surface area contributed by atoms with Crippen LogP contribution in [0.25, 0.3) is 11.4 Å². The SMILES string of the molecule is CNC(=O)C(NC(=O)c1nc(-c2ccccc2)n2c1CN(C)CCC2)C(C)(C)O. The second kappa shape index (κ2) is 8.34. The number of nitrogens with one attached hydrogen (secondary N) is 2. The zero-order chi connectivity index (χ0) is 21.2. The molecular formula is C21H29N5O3. The number of likely N-dealkylation sites (N-methyl/N-ethyl adjacent to an activating group) is 1.